The average Bonchev–Trinajstić information content (AvgIpc) is 2.14. The highest BCUT2D eigenvalue weighted by Gasteiger charge is 2.38. The number of hydrogen-bond acceptors (Lipinski definition) is 4. The molecule has 2 amide bonds. The van der Waals surface area contributed by atoms with E-state index in [9.17, 15) is 14.4 Å². The van der Waals surface area contributed by atoms with E-state index in [0.717, 1.165) is 0 Å². The van der Waals surface area contributed by atoms with Gasteiger partial charge in [0.15, 0.2) is 0 Å². The molecule has 0 aromatic carbocycles. The van der Waals surface area contributed by atoms with Gasteiger partial charge >= 0.3 is 5.97 Å². The van der Waals surface area contributed by atoms with Crippen molar-refractivity contribution in [1.82, 2.24) is 5.32 Å². The van der Waals surface area contributed by atoms with Crippen molar-refractivity contribution in [3.05, 3.63) is 0 Å². The summed E-state index contributed by atoms with van der Waals surface area (Å²) in [7, 11) is 0. The van der Waals surface area contributed by atoms with Crippen LogP contribution in [-0.4, -0.2) is 30.9 Å². The minimum absolute atomic E-state index is 0.0471. The first-order chi connectivity index (χ1) is 8.20. The van der Waals surface area contributed by atoms with Gasteiger partial charge in [0, 0.05) is 13.0 Å². The molecule has 0 fully saturated rings. The largest absolute Gasteiger partial charge is 0.465 e. The van der Waals surface area contributed by atoms with E-state index in [1.807, 2.05) is 0 Å². The molecule has 0 aliphatic carbocycles. The van der Waals surface area contributed by atoms with Gasteiger partial charge in [-0.15, -0.1) is 0 Å². The summed E-state index contributed by atoms with van der Waals surface area (Å²) in [5.41, 5.74) is 4.41. The first-order valence-corrected chi connectivity index (χ1v) is 5.92. The van der Waals surface area contributed by atoms with Crippen LogP contribution in [-0.2, 0) is 19.1 Å². The summed E-state index contributed by atoms with van der Waals surface area (Å²) < 4.78 is 4.89. The molecule has 3 N–H and O–H groups in total. The predicted octanol–water partition coefficient (Wildman–Crippen LogP) is 0.203. The molecule has 6 heteroatoms. The number of ether oxygens (including phenoxy) is 1. The first-order valence-electron chi connectivity index (χ1n) is 5.92. The minimum atomic E-state index is -0.898. The second-order valence-corrected chi connectivity index (χ2v) is 5.06. The Bertz CT molecular complexity index is 321. The van der Waals surface area contributed by atoms with E-state index in [-0.39, 0.29) is 19.6 Å². The van der Waals surface area contributed by atoms with Crippen molar-refractivity contribution in [2.24, 2.45) is 17.1 Å². The van der Waals surface area contributed by atoms with Crippen LogP contribution in [0, 0.1) is 11.3 Å². The van der Waals surface area contributed by atoms with Gasteiger partial charge in [0.05, 0.1) is 6.61 Å². The van der Waals surface area contributed by atoms with Crippen molar-refractivity contribution < 1.29 is 19.1 Å². The van der Waals surface area contributed by atoms with Gasteiger partial charge in [-0.2, -0.15) is 0 Å². The van der Waals surface area contributed by atoms with Crippen LogP contribution in [0.1, 0.15) is 34.1 Å². The lowest BCUT2D eigenvalue weighted by Gasteiger charge is -2.27. The Balaban J connectivity index is 4.62. The summed E-state index contributed by atoms with van der Waals surface area (Å²) in [6.07, 6.45) is 0.0471. The highest BCUT2D eigenvalue weighted by atomic mass is 16.5. The van der Waals surface area contributed by atoms with Crippen molar-refractivity contribution in [3.8, 4) is 0 Å². The van der Waals surface area contributed by atoms with E-state index in [1.165, 1.54) is 0 Å². The predicted molar refractivity (Wildman–Crippen MR) is 66.4 cm³/mol. The van der Waals surface area contributed by atoms with Crippen LogP contribution in [0.4, 0.5) is 0 Å². The third kappa shape index (κ3) is 5.65. The summed E-state index contributed by atoms with van der Waals surface area (Å²) >= 11 is 0. The molecule has 0 heterocycles. The number of amides is 2. The summed E-state index contributed by atoms with van der Waals surface area (Å²) in [6, 6.07) is 0. The van der Waals surface area contributed by atoms with Crippen LogP contribution >= 0.6 is 0 Å². The van der Waals surface area contributed by atoms with Gasteiger partial charge in [0.2, 0.25) is 11.8 Å². The lowest BCUT2D eigenvalue weighted by molar-refractivity contribution is -0.156. The SMILES string of the molecule is CCOC(=O)C(C(=O)NCCC(N)=O)C(C)(C)C. The molecule has 104 valence electrons. The molecule has 1 unspecified atom stereocenters. The second-order valence-electron chi connectivity index (χ2n) is 5.06. The minimum Gasteiger partial charge on any atom is -0.465 e. The Morgan fingerprint density at radius 1 is 1.28 bits per heavy atom. The molecule has 0 saturated heterocycles. The number of hydrogen-bond donors (Lipinski definition) is 2. The quantitative estimate of drug-likeness (QED) is 0.525. The fraction of sp³-hybridized carbons (Fsp3) is 0.750. The Morgan fingerprint density at radius 2 is 1.83 bits per heavy atom. The zero-order chi connectivity index (χ0) is 14.3. The molecule has 0 aromatic rings. The number of nitrogens with one attached hydrogen (secondary N) is 1. The van der Waals surface area contributed by atoms with Crippen LogP contribution < -0.4 is 11.1 Å². The molecule has 0 saturated carbocycles. The van der Waals surface area contributed by atoms with Crippen LogP contribution in [0.5, 0.6) is 0 Å². The van der Waals surface area contributed by atoms with E-state index in [0.29, 0.717) is 0 Å². The van der Waals surface area contributed by atoms with E-state index < -0.39 is 29.1 Å². The Labute approximate surface area is 107 Å². The molecule has 0 spiro atoms. The zero-order valence-corrected chi connectivity index (χ0v) is 11.4. The van der Waals surface area contributed by atoms with Crippen LogP contribution in [0.3, 0.4) is 0 Å². The third-order valence-corrected chi connectivity index (χ3v) is 2.32. The Morgan fingerprint density at radius 3 is 2.22 bits per heavy atom. The van der Waals surface area contributed by atoms with Gasteiger partial charge in [-0.05, 0) is 12.3 Å². The number of carbonyl (C=O) groups excluding carboxylic acids is 3. The highest BCUT2D eigenvalue weighted by Crippen LogP contribution is 2.27. The maximum Gasteiger partial charge on any atom is 0.319 e. The van der Waals surface area contributed by atoms with E-state index >= 15 is 0 Å². The molecule has 6 nitrogen and oxygen atoms in total. The van der Waals surface area contributed by atoms with Gasteiger partial charge < -0.3 is 15.8 Å². The zero-order valence-electron chi connectivity index (χ0n) is 11.4. The van der Waals surface area contributed by atoms with Crippen molar-refractivity contribution in [3.63, 3.8) is 0 Å². The molecule has 1 atom stereocenters. The lowest BCUT2D eigenvalue weighted by Crippen LogP contribution is -2.44. The Kier molecular flexibility index (Phi) is 6.36. The van der Waals surface area contributed by atoms with Crippen molar-refractivity contribution >= 4 is 17.8 Å². The smallest absolute Gasteiger partial charge is 0.319 e. The molecule has 0 aliphatic heterocycles. The molecule has 0 radical (unpaired) electrons. The van der Waals surface area contributed by atoms with Gasteiger partial charge in [-0.1, -0.05) is 20.8 Å². The summed E-state index contributed by atoms with van der Waals surface area (Å²) in [5, 5.41) is 2.52. The van der Waals surface area contributed by atoms with Gasteiger partial charge in [0.25, 0.3) is 0 Å². The monoisotopic (exact) mass is 258 g/mol. The molecule has 0 aliphatic rings. The highest BCUT2D eigenvalue weighted by molar-refractivity contribution is 5.98. The number of rotatable bonds is 6. The van der Waals surface area contributed by atoms with Crippen LogP contribution in [0.2, 0.25) is 0 Å². The fourth-order valence-corrected chi connectivity index (χ4v) is 1.49. The maximum atomic E-state index is 11.9. The molecular weight excluding hydrogens is 236 g/mol. The number of nitrogens with two attached hydrogens (primary N) is 1. The van der Waals surface area contributed by atoms with E-state index in [4.69, 9.17) is 10.5 Å². The van der Waals surface area contributed by atoms with Gasteiger partial charge in [-0.3, -0.25) is 14.4 Å². The normalized spacial score (nSPS) is 12.7. The van der Waals surface area contributed by atoms with Gasteiger partial charge in [-0.25, -0.2) is 0 Å². The number of esters is 1. The molecule has 0 aromatic heterocycles. The maximum absolute atomic E-state index is 11.9. The standard InChI is InChI=1S/C12H22N2O4/c1-5-18-11(17)9(12(2,3)4)10(16)14-7-6-8(13)15/h9H,5-7H2,1-4H3,(H2,13,15)(H,14,16). The first kappa shape index (κ1) is 16.4. The molecule has 18 heavy (non-hydrogen) atoms. The van der Waals surface area contributed by atoms with Crippen LogP contribution in [0.25, 0.3) is 0 Å². The molecular formula is C12H22N2O4. The lowest BCUT2D eigenvalue weighted by atomic mass is 9.80. The average molecular weight is 258 g/mol. The number of primary amides is 1. The fourth-order valence-electron chi connectivity index (χ4n) is 1.49. The molecule has 0 bridgehead atoms. The molecule has 0 rings (SSSR count). The Hall–Kier alpha value is -1.59. The second kappa shape index (κ2) is 6.98. The third-order valence-electron chi connectivity index (χ3n) is 2.32. The topological polar surface area (TPSA) is 98.5 Å². The van der Waals surface area contributed by atoms with Crippen molar-refractivity contribution in [1.29, 1.82) is 0 Å². The van der Waals surface area contributed by atoms with Crippen molar-refractivity contribution in [2.75, 3.05) is 13.2 Å². The van der Waals surface area contributed by atoms with Crippen LogP contribution in [0.15, 0.2) is 0 Å². The summed E-state index contributed by atoms with van der Waals surface area (Å²) in [6.45, 7) is 7.37. The summed E-state index contributed by atoms with van der Waals surface area (Å²) in [5.74, 6) is -2.40. The number of carbonyl (C=O) groups is 3. The van der Waals surface area contributed by atoms with E-state index in [2.05, 4.69) is 5.32 Å². The van der Waals surface area contributed by atoms with Crippen molar-refractivity contribution in [2.45, 2.75) is 34.1 Å². The van der Waals surface area contributed by atoms with Gasteiger partial charge in [0.1, 0.15) is 5.92 Å². The summed E-state index contributed by atoms with van der Waals surface area (Å²) in [4.78, 5) is 34.2. The van der Waals surface area contributed by atoms with E-state index in [1.54, 1.807) is 27.7 Å².